The SMILES string of the molecule is CSCCC(NC(=O)c1ccc(COCc2ccccc2)cc1-c1ccccc1C)C(=O)O.[LiH]. The number of carboxylic acid groups (broad SMARTS) is 1. The zero-order valence-electron chi connectivity index (χ0n) is 18.9. The van der Waals surface area contributed by atoms with Crippen LogP contribution in [0, 0.1) is 6.92 Å². The van der Waals surface area contributed by atoms with Gasteiger partial charge in [-0.2, -0.15) is 11.8 Å². The number of hydrogen-bond donors (Lipinski definition) is 2. The predicted octanol–water partition coefficient (Wildman–Crippen LogP) is 4.67. The minimum absolute atomic E-state index is 0. The van der Waals surface area contributed by atoms with Crippen LogP contribution in [-0.4, -0.2) is 53.9 Å². The fraction of sp³-hybridized carbons (Fsp3) is 0.259. The summed E-state index contributed by atoms with van der Waals surface area (Å²) in [5, 5.41) is 12.2. The van der Waals surface area contributed by atoms with Crippen molar-refractivity contribution in [1.29, 1.82) is 0 Å². The molecule has 0 aliphatic rings. The summed E-state index contributed by atoms with van der Waals surface area (Å²) < 4.78 is 5.89. The molecule has 3 aromatic carbocycles. The van der Waals surface area contributed by atoms with Gasteiger partial charge in [-0.05, 0) is 65.3 Å². The van der Waals surface area contributed by atoms with Crippen LogP contribution in [0.1, 0.15) is 33.5 Å². The van der Waals surface area contributed by atoms with Crippen molar-refractivity contribution in [3.05, 3.63) is 95.1 Å². The maximum absolute atomic E-state index is 13.1. The number of thioether (sulfide) groups is 1. The van der Waals surface area contributed by atoms with Crippen LogP contribution >= 0.6 is 11.8 Å². The molecule has 0 aliphatic carbocycles. The summed E-state index contributed by atoms with van der Waals surface area (Å²) in [5.74, 6) is -0.765. The molecule has 1 unspecified atom stereocenters. The van der Waals surface area contributed by atoms with Crippen molar-refractivity contribution in [3.8, 4) is 11.1 Å². The zero-order valence-corrected chi connectivity index (χ0v) is 19.7. The van der Waals surface area contributed by atoms with E-state index in [1.165, 1.54) is 0 Å². The maximum atomic E-state index is 13.1. The third-order valence-electron chi connectivity index (χ3n) is 5.36. The Kier molecular flexibility index (Phi) is 11.5. The molecule has 0 bridgehead atoms. The molecule has 3 rings (SSSR count). The quantitative estimate of drug-likeness (QED) is 0.398. The van der Waals surface area contributed by atoms with Crippen LogP contribution in [0.2, 0.25) is 0 Å². The second kappa shape index (κ2) is 14.0. The Labute approximate surface area is 217 Å². The molecule has 0 fully saturated rings. The van der Waals surface area contributed by atoms with E-state index in [4.69, 9.17) is 4.74 Å². The van der Waals surface area contributed by atoms with E-state index in [2.05, 4.69) is 5.32 Å². The minimum atomic E-state index is -1.03. The van der Waals surface area contributed by atoms with Gasteiger partial charge in [0.2, 0.25) is 0 Å². The number of ether oxygens (including phenoxy) is 1. The first-order chi connectivity index (χ1) is 16.0. The van der Waals surface area contributed by atoms with E-state index in [-0.39, 0.29) is 18.9 Å². The second-order valence-electron chi connectivity index (χ2n) is 7.82. The molecule has 3 aromatic rings. The van der Waals surface area contributed by atoms with Crippen LogP contribution < -0.4 is 5.32 Å². The topological polar surface area (TPSA) is 75.6 Å². The molecule has 0 radical (unpaired) electrons. The Morgan fingerprint density at radius 3 is 2.29 bits per heavy atom. The third-order valence-corrected chi connectivity index (χ3v) is 6.00. The molecule has 7 heteroatoms. The van der Waals surface area contributed by atoms with Crippen LogP contribution in [0.25, 0.3) is 11.1 Å². The van der Waals surface area contributed by atoms with Crippen molar-refractivity contribution >= 4 is 42.5 Å². The van der Waals surface area contributed by atoms with E-state index in [0.29, 0.717) is 31.0 Å². The summed E-state index contributed by atoms with van der Waals surface area (Å²) in [6.45, 7) is 2.90. The molecule has 0 aliphatic heterocycles. The first-order valence-electron chi connectivity index (χ1n) is 10.8. The number of aryl methyl sites for hydroxylation is 1. The van der Waals surface area contributed by atoms with Gasteiger partial charge in [-0.1, -0.05) is 60.7 Å². The Bertz CT molecular complexity index is 1090. The first kappa shape index (κ1) is 27.7. The van der Waals surface area contributed by atoms with E-state index >= 15 is 0 Å². The average Bonchev–Trinajstić information content (AvgIpc) is 2.82. The second-order valence-corrected chi connectivity index (χ2v) is 8.80. The van der Waals surface area contributed by atoms with Gasteiger partial charge in [-0.15, -0.1) is 0 Å². The van der Waals surface area contributed by atoms with Gasteiger partial charge < -0.3 is 15.2 Å². The summed E-state index contributed by atoms with van der Waals surface area (Å²) in [5.41, 5.74) is 5.22. The number of nitrogens with one attached hydrogen (secondary N) is 1. The van der Waals surface area contributed by atoms with Gasteiger partial charge in [0.15, 0.2) is 0 Å². The van der Waals surface area contributed by atoms with E-state index in [1.54, 1.807) is 17.8 Å². The summed E-state index contributed by atoms with van der Waals surface area (Å²) >= 11 is 1.55. The molecule has 0 aromatic heterocycles. The fourth-order valence-electron chi connectivity index (χ4n) is 3.57. The third kappa shape index (κ3) is 7.78. The summed E-state index contributed by atoms with van der Waals surface area (Å²) in [7, 11) is 0. The van der Waals surface area contributed by atoms with Gasteiger partial charge in [-0.3, -0.25) is 4.79 Å². The monoisotopic (exact) mass is 471 g/mol. The molecule has 1 amide bonds. The Morgan fingerprint density at radius 1 is 0.941 bits per heavy atom. The van der Waals surface area contributed by atoms with Gasteiger partial charge >= 0.3 is 24.8 Å². The van der Waals surface area contributed by atoms with Crippen molar-refractivity contribution in [3.63, 3.8) is 0 Å². The van der Waals surface area contributed by atoms with Crippen LogP contribution in [0.3, 0.4) is 0 Å². The number of rotatable bonds is 11. The molecule has 0 saturated carbocycles. The average molecular weight is 472 g/mol. The van der Waals surface area contributed by atoms with Crippen molar-refractivity contribution in [2.24, 2.45) is 0 Å². The normalized spacial score (nSPS) is 11.4. The Morgan fingerprint density at radius 2 is 1.62 bits per heavy atom. The van der Waals surface area contributed by atoms with Crippen molar-refractivity contribution in [2.75, 3.05) is 12.0 Å². The zero-order chi connectivity index (χ0) is 23.6. The molecule has 5 nitrogen and oxygen atoms in total. The van der Waals surface area contributed by atoms with Gasteiger partial charge in [0.25, 0.3) is 5.91 Å². The van der Waals surface area contributed by atoms with Gasteiger partial charge in [0.05, 0.1) is 13.2 Å². The number of hydrogen-bond acceptors (Lipinski definition) is 4. The number of carbonyl (C=O) groups excluding carboxylic acids is 1. The van der Waals surface area contributed by atoms with E-state index in [9.17, 15) is 14.7 Å². The number of carboxylic acids is 1. The molecular weight excluding hydrogens is 441 g/mol. The summed E-state index contributed by atoms with van der Waals surface area (Å²) in [6.07, 6.45) is 2.28. The molecule has 2 N–H and O–H groups in total. The number of amides is 1. The molecule has 0 spiro atoms. The van der Waals surface area contributed by atoms with Gasteiger partial charge in [0.1, 0.15) is 6.04 Å². The predicted molar refractivity (Wildman–Crippen MR) is 141 cm³/mol. The van der Waals surface area contributed by atoms with Crippen LogP contribution in [0.4, 0.5) is 0 Å². The van der Waals surface area contributed by atoms with Crippen molar-refractivity contribution in [1.82, 2.24) is 5.32 Å². The molecular formula is C27H30LiNO4S. The first-order valence-corrected chi connectivity index (χ1v) is 12.2. The number of benzene rings is 3. The summed E-state index contributed by atoms with van der Waals surface area (Å²) in [6, 6.07) is 22.5. The summed E-state index contributed by atoms with van der Waals surface area (Å²) in [4.78, 5) is 24.8. The van der Waals surface area contributed by atoms with E-state index in [1.807, 2.05) is 79.9 Å². The molecule has 174 valence electrons. The van der Waals surface area contributed by atoms with Crippen LogP contribution in [0.5, 0.6) is 0 Å². The van der Waals surface area contributed by atoms with Crippen molar-refractivity contribution < 1.29 is 19.4 Å². The van der Waals surface area contributed by atoms with Crippen molar-refractivity contribution in [2.45, 2.75) is 32.6 Å². The van der Waals surface area contributed by atoms with Gasteiger partial charge in [0, 0.05) is 5.56 Å². The number of carbonyl (C=O) groups is 2. The van der Waals surface area contributed by atoms with Crippen LogP contribution in [0.15, 0.2) is 72.8 Å². The number of aliphatic carboxylic acids is 1. The molecule has 1 atom stereocenters. The van der Waals surface area contributed by atoms with E-state index < -0.39 is 17.9 Å². The Balaban J connectivity index is 0.00000408. The van der Waals surface area contributed by atoms with Crippen LogP contribution in [-0.2, 0) is 22.7 Å². The Hall–Kier alpha value is -2.49. The fourth-order valence-corrected chi connectivity index (χ4v) is 4.04. The molecule has 0 heterocycles. The van der Waals surface area contributed by atoms with E-state index in [0.717, 1.165) is 27.8 Å². The molecule has 34 heavy (non-hydrogen) atoms. The molecule has 0 saturated heterocycles. The standard InChI is InChI=1S/C27H29NO4S.Li.H/c1-19-8-6-7-11-22(19)24-16-21(18-32-17-20-9-4-3-5-10-20)12-13-23(24)26(29)28-25(27(30)31)14-15-33-2;;/h3-13,16,25H,14-15,17-18H2,1-2H3,(H,28,29)(H,30,31);;. The van der Waals surface area contributed by atoms with Gasteiger partial charge in [-0.25, -0.2) is 4.79 Å².